The Hall–Kier alpha value is -4.99. The molecule has 3 heterocycles. The predicted octanol–water partition coefficient (Wildman–Crippen LogP) is 5.10. The molecule has 12 nitrogen and oxygen atoms in total. The van der Waals surface area contributed by atoms with Gasteiger partial charge in [0.15, 0.2) is 12.1 Å². The number of halogens is 3. The standard InChI is InChI=1S/C29H31N5O5S.C2HF3O2/c1-18(2)20-7-8-24(34-13-19(14-34)17-40(3,37)38)22-12-31-28(11-21(20)22)32-27-9-10-30-29(33-27)16-39-26-6-4-5-25(36)23(26)15-35;3-2(4,5)1(6)7/h4-12,15,18-19,36H,13-14,16-17H2,1-3H3,(H,30,31,32,33);(H,6,7). The van der Waals surface area contributed by atoms with E-state index in [9.17, 15) is 31.5 Å². The summed E-state index contributed by atoms with van der Waals surface area (Å²) in [4.78, 5) is 35.8. The topological polar surface area (TPSA) is 172 Å². The van der Waals surface area contributed by atoms with Crippen LogP contribution >= 0.6 is 0 Å². The van der Waals surface area contributed by atoms with Crippen molar-refractivity contribution in [1.29, 1.82) is 0 Å². The zero-order valence-corrected chi connectivity index (χ0v) is 26.3. The van der Waals surface area contributed by atoms with Crippen LogP contribution < -0.4 is 15.0 Å². The smallest absolute Gasteiger partial charge is 0.490 e. The minimum absolute atomic E-state index is 0.00196. The molecule has 0 spiro atoms. The minimum Gasteiger partial charge on any atom is -0.507 e. The summed E-state index contributed by atoms with van der Waals surface area (Å²) in [6.07, 6.45) is 0.193. The van der Waals surface area contributed by atoms with Gasteiger partial charge in [-0.15, -0.1) is 0 Å². The van der Waals surface area contributed by atoms with Gasteiger partial charge in [0.25, 0.3) is 0 Å². The van der Waals surface area contributed by atoms with Crippen LogP contribution in [0.3, 0.4) is 0 Å². The molecular formula is C31H32F3N5O7S. The first-order chi connectivity index (χ1) is 22.1. The van der Waals surface area contributed by atoms with Crippen molar-refractivity contribution < 1.29 is 46.1 Å². The van der Waals surface area contributed by atoms with E-state index < -0.39 is 22.0 Å². The molecule has 250 valence electrons. The molecule has 1 aliphatic heterocycles. The Morgan fingerprint density at radius 1 is 1.13 bits per heavy atom. The van der Waals surface area contributed by atoms with Crippen LogP contribution in [0.4, 0.5) is 30.5 Å². The molecule has 2 aromatic heterocycles. The molecule has 0 radical (unpaired) electrons. The van der Waals surface area contributed by atoms with Crippen LogP contribution in [-0.4, -0.2) is 77.1 Å². The maximum absolute atomic E-state index is 11.7. The predicted molar refractivity (Wildman–Crippen MR) is 168 cm³/mol. The molecule has 1 fully saturated rings. The van der Waals surface area contributed by atoms with Gasteiger partial charge >= 0.3 is 12.1 Å². The normalized spacial score (nSPS) is 13.5. The highest BCUT2D eigenvalue weighted by atomic mass is 32.2. The molecule has 1 saturated heterocycles. The van der Waals surface area contributed by atoms with Crippen molar-refractivity contribution in [2.75, 3.05) is 35.3 Å². The van der Waals surface area contributed by atoms with Gasteiger partial charge in [0.05, 0.1) is 11.3 Å². The Bertz CT molecular complexity index is 1880. The van der Waals surface area contributed by atoms with Gasteiger partial charge in [-0.25, -0.2) is 28.2 Å². The highest BCUT2D eigenvalue weighted by Crippen LogP contribution is 2.37. The van der Waals surface area contributed by atoms with Crippen molar-refractivity contribution in [3.63, 3.8) is 0 Å². The maximum Gasteiger partial charge on any atom is 0.490 e. The lowest BCUT2D eigenvalue weighted by molar-refractivity contribution is -0.192. The molecule has 4 aromatic rings. The Balaban J connectivity index is 0.000000644. The molecular weight excluding hydrogens is 643 g/mol. The number of aromatic nitrogens is 3. The number of fused-ring (bicyclic) bond motifs is 1. The number of carboxylic acids is 1. The van der Waals surface area contributed by atoms with Crippen LogP contribution in [0.2, 0.25) is 0 Å². The van der Waals surface area contributed by atoms with E-state index in [4.69, 9.17) is 14.6 Å². The summed E-state index contributed by atoms with van der Waals surface area (Å²) >= 11 is 0. The number of sulfone groups is 1. The zero-order chi connectivity index (χ0) is 34.5. The van der Waals surface area contributed by atoms with Crippen LogP contribution in [-0.2, 0) is 21.2 Å². The van der Waals surface area contributed by atoms with Crippen LogP contribution in [0.1, 0.15) is 41.5 Å². The second-order valence-corrected chi connectivity index (χ2v) is 13.4. The largest absolute Gasteiger partial charge is 0.507 e. The van der Waals surface area contributed by atoms with E-state index >= 15 is 0 Å². The number of nitrogens with one attached hydrogen (secondary N) is 1. The summed E-state index contributed by atoms with van der Waals surface area (Å²) in [5.74, 6) is -0.504. The van der Waals surface area contributed by atoms with Gasteiger partial charge in [-0.2, -0.15) is 13.2 Å². The van der Waals surface area contributed by atoms with E-state index in [0.717, 1.165) is 16.5 Å². The van der Waals surface area contributed by atoms with Crippen molar-refractivity contribution >= 4 is 50.2 Å². The number of hydrogen-bond donors (Lipinski definition) is 3. The molecule has 16 heteroatoms. The Morgan fingerprint density at radius 2 is 1.83 bits per heavy atom. The number of carbonyl (C=O) groups is 2. The van der Waals surface area contributed by atoms with E-state index in [2.05, 4.69) is 51.1 Å². The van der Waals surface area contributed by atoms with Crippen molar-refractivity contribution in [2.45, 2.75) is 32.5 Å². The molecule has 0 saturated carbocycles. The zero-order valence-electron chi connectivity index (χ0n) is 25.5. The fraction of sp³-hybridized carbons (Fsp3) is 0.323. The van der Waals surface area contributed by atoms with Gasteiger partial charge < -0.3 is 25.2 Å². The highest BCUT2D eigenvalue weighted by Gasteiger charge is 2.38. The Labute approximate surface area is 268 Å². The van der Waals surface area contributed by atoms with Crippen molar-refractivity contribution in [3.8, 4) is 11.5 Å². The second-order valence-electron chi connectivity index (χ2n) is 11.2. The van der Waals surface area contributed by atoms with Crippen LogP contribution in [0.25, 0.3) is 10.8 Å². The number of pyridine rings is 1. The number of hydrogen-bond acceptors (Lipinski definition) is 11. The van der Waals surface area contributed by atoms with Gasteiger partial charge in [-0.3, -0.25) is 4.79 Å². The van der Waals surface area contributed by atoms with Crippen LogP contribution in [0.5, 0.6) is 11.5 Å². The molecule has 47 heavy (non-hydrogen) atoms. The Kier molecular flexibility index (Phi) is 10.5. The number of phenolic OH excluding ortho intramolecular Hbond substituents is 1. The molecule has 3 N–H and O–H groups in total. The second kappa shape index (κ2) is 14.2. The summed E-state index contributed by atoms with van der Waals surface area (Å²) in [5.41, 5.74) is 2.30. The molecule has 0 atom stereocenters. The third-order valence-corrected chi connectivity index (χ3v) is 8.17. The average Bonchev–Trinajstić information content (AvgIpc) is 2.96. The van der Waals surface area contributed by atoms with Gasteiger partial charge in [0.2, 0.25) is 0 Å². The summed E-state index contributed by atoms with van der Waals surface area (Å²) in [7, 11) is -3.00. The number of carbonyl (C=O) groups excluding carboxylic acids is 1. The molecule has 2 aromatic carbocycles. The number of phenols is 1. The first kappa shape index (κ1) is 34.9. The number of anilines is 3. The molecule has 0 amide bonds. The molecule has 0 unspecified atom stereocenters. The van der Waals surface area contributed by atoms with Gasteiger partial charge in [-0.1, -0.05) is 26.0 Å². The summed E-state index contributed by atoms with van der Waals surface area (Å²) < 4.78 is 60.8. The summed E-state index contributed by atoms with van der Waals surface area (Å²) in [6, 6.07) is 12.6. The third kappa shape index (κ3) is 9.06. The Morgan fingerprint density at radius 3 is 2.45 bits per heavy atom. The van der Waals surface area contributed by atoms with Gasteiger partial charge in [0, 0.05) is 48.7 Å². The van der Waals surface area contributed by atoms with Crippen LogP contribution in [0.15, 0.2) is 54.9 Å². The summed E-state index contributed by atoms with van der Waals surface area (Å²) in [6.45, 7) is 5.69. The molecule has 5 rings (SSSR count). The van der Waals surface area contributed by atoms with E-state index in [1.165, 1.54) is 17.9 Å². The number of aldehydes is 1. The SMILES string of the molecule is CC(C)c1ccc(N2CC(CS(C)(=O)=O)C2)c2cnc(Nc3ccnc(COc4cccc(O)c4C=O)n3)cc12.O=C(O)C(F)(F)F. The number of nitrogens with zero attached hydrogens (tertiary/aromatic N) is 4. The van der Waals surface area contributed by atoms with Gasteiger partial charge in [-0.05, 0) is 47.2 Å². The fourth-order valence-electron chi connectivity index (χ4n) is 4.98. The van der Waals surface area contributed by atoms with Crippen LogP contribution in [0, 0.1) is 5.92 Å². The monoisotopic (exact) mass is 675 g/mol. The lowest BCUT2D eigenvalue weighted by atomic mass is 9.93. The van der Waals surface area contributed by atoms with E-state index in [1.807, 2.05) is 12.3 Å². The quantitative estimate of drug-likeness (QED) is 0.190. The summed E-state index contributed by atoms with van der Waals surface area (Å²) in [5, 5.41) is 22.3. The van der Waals surface area contributed by atoms with Crippen molar-refractivity contribution in [1.82, 2.24) is 15.0 Å². The van der Waals surface area contributed by atoms with E-state index in [1.54, 1.807) is 24.4 Å². The minimum atomic E-state index is -5.08. The van der Waals surface area contributed by atoms with Crippen molar-refractivity contribution in [2.24, 2.45) is 5.92 Å². The molecule has 1 aliphatic rings. The van der Waals surface area contributed by atoms with Gasteiger partial charge in [0.1, 0.15) is 39.6 Å². The number of carboxylic acid groups (broad SMARTS) is 1. The number of rotatable bonds is 10. The van der Waals surface area contributed by atoms with E-state index in [-0.39, 0.29) is 41.3 Å². The van der Waals surface area contributed by atoms with E-state index in [0.29, 0.717) is 36.8 Å². The maximum atomic E-state index is 11.7. The average molecular weight is 676 g/mol. The first-order valence-electron chi connectivity index (χ1n) is 14.2. The number of aromatic hydroxyl groups is 1. The number of benzene rings is 2. The fourth-order valence-corrected chi connectivity index (χ4v) is 6.05. The molecule has 0 bridgehead atoms. The number of alkyl halides is 3. The number of ether oxygens (including phenoxy) is 1. The molecule has 0 aliphatic carbocycles. The lowest BCUT2D eigenvalue weighted by Gasteiger charge is -2.41. The lowest BCUT2D eigenvalue weighted by Crippen LogP contribution is -2.49. The number of aliphatic carboxylic acids is 1. The third-order valence-electron chi connectivity index (χ3n) is 7.09. The van der Waals surface area contributed by atoms with Crippen molar-refractivity contribution in [3.05, 3.63) is 71.8 Å². The highest BCUT2D eigenvalue weighted by molar-refractivity contribution is 7.90. The first-order valence-corrected chi connectivity index (χ1v) is 16.3.